The third-order valence-electron chi connectivity index (χ3n) is 5.78. The zero-order valence-electron chi connectivity index (χ0n) is 18.8. The molecule has 1 aromatic heterocycles. The van der Waals surface area contributed by atoms with E-state index in [2.05, 4.69) is 9.72 Å². The molecule has 3 rings (SSSR count). The number of rotatable bonds is 9. The quantitative estimate of drug-likeness (QED) is 0.360. The fourth-order valence-electron chi connectivity index (χ4n) is 3.98. The van der Waals surface area contributed by atoms with E-state index in [1.807, 2.05) is 23.1 Å². The van der Waals surface area contributed by atoms with Gasteiger partial charge in [0.25, 0.3) is 5.91 Å². The number of benzene rings is 1. The second-order valence-corrected chi connectivity index (χ2v) is 8.11. The molecule has 2 heterocycles. The van der Waals surface area contributed by atoms with Gasteiger partial charge in [0, 0.05) is 32.4 Å². The molecular formula is C23H27F3N4O5. The number of halogens is 3. The number of aromatic nitrogens is 1. The molecular weight excluding hydrogens is 469 g/mol. The number of hydrogen-bond donors (Lipinski definition) is 3. The highest BCUT2D eigenvalue weighted by molar-refractivity contribution is 5.88. The molecule has 2 aromatic rings. The van der Waals surface area contributed by atoms with Gasteiger partial charge in [-0.25, -0.2) is 10.5 Å². The Kier molecular flexibility index (Phi) is 8.88. The van der Waals surface area contributed by atoms with Crippen molar-refractivity contribution in [2.75, 3.05) is 31.1 Å². The number of hydrogen-bond acceptors (Lipinski definition) is 7. The van der Waals surface area contributed by atoms with Crippen molar-refractivity contribution in [2.45, 2.75) is 31.7 Å². The van der Waals surface area contributed by atoms with Crippen LogP contribution < -0.4 is 15.1 Å². The second kappa shape index (κ2) is 11.8. The number of ether oxygens (including phenoxy) is 1. The van der Waals surface area contributed by atoms with Crippen molar-refractivity contribution >= 4 is 17.6 Å². The number of anilines is 1. The Morgan fingerprint density at radius 1 is 1.09 bits per heavy atom. The molecule has 1 aliphatic rings. The number of aliphatic hydroxyl groups excluding tert-OH is 1. The molecule has 1 aliphatic heterocycles. The lowest BCUT2D eigenvalue weighted by Gasteiger charge is -2.37. The van der Waals surface area contributed by atoms with Gasteiger partial charge in [-0.2, -0.15) is 0 Å². The minimum Gasteiger partial charge on any atom is -0.406 e. The molecule has 0 radical (unpaired) electrons. The maximum atomic E-state index is 13.2. The van der Waals surface area contributed by atoms with Gasteiger partial charge >= 0.3 is 6.36 Å². The first-order chi connectivity index (χ1) is 16.7. The Balaban J connectivity index is 1.58. The van der Waals surface area contributed by atoms with Crippen LogP contribution in [0.5, 0.6) is 5.75 Å². The Morgan fingerprint density at radius 3 is 2.34 bits per heavy atom. The van der Waals surface area contributed by atoms with Crippen LogP contribution in [-0.2, 0) is 16.0 Å². The molecule has 0 bridgehead atoms. The average molecular weight is 496 g/mol. The number of aryl methyl sites for hydroxylation is 1. The van der Waals surface area contributed by atoms with Gasteiger partial charge in [-0.1, -0.05) is 18.2 Å². The molecule has 190 valence electrons. The summed E-state index contributed by atoms with van der Waals surface area (Å²) in [6.07, 6.45) is -3.93. The van der Waals surface area contributed by atoms with Gasteiger partial charge in [-0.05, 0) is 49.1 Å². The average Bonchev–Trinajstić information content (AvgIpc) is 2.86. The monoisotopic (exact) mass is 496 g/mol. The number of nitrogens with zero attached hydrogens (tertiary/aromatic N) is 3. The van der Waals surface area contributed by atoms with E-state index in [1.54, 1.807) is 11.1 Å². The van der Waals surface area contributed by atoms with Gasteiger partial charge in [0.2, 0.25) is 5.91 Å². The number of aliphatic hydroxyl groups is 1. The van der Waals surface area contributed by atoms with Gasteiger partial charge in [0.15, 0.2) is 0 Å². The number of piperazine rings is 1. The Morgan fingerprint density at radius 2 is 1.77 bits per heavy atom. The zero-order chi connectivity index (χ0) is 25.4. The fraction of sp³-hybridized carbons (Fsp3) is 0.435. The topological polar surface area (TPSA) is 115 Å². The number of amides is 2. The van der Waals surface area contributed by atoms with Crippen molar-refractivity contribution in [1.82, 2.24) is 15.4 Å². The number of hydroxylamine groups is 1. The molecule has 2 atom stereocenters. The highest BCUT2D eigenvalue weighted by Gasteiger charge is 2.36. The van der Waals surface area contributed by atoms with Crippen molar-refractivity contribution < 1.29 is 37.8 Å². The summed E-state index contributed by atoms with van der Waals surface area (Å²) in [6, 6.07) is 10.9. The summed E-state index contributed by atoms with van der Waals surface area (Å²) in [4.78, 5) is 32.9. The minimum absolute atomic E-state index is 0.134. The summed E-state index contributed by atoms with van der Waals surface area (Å²) < 4.78 is 40.8. The van der Waals surface area contributed by atoms with Crippen molar-refractivity contribution in [2.24, 2.45) is 5.92 Å². The smallest absolute Gasteiger partial charge is 0.406 e. The van der Waals surface area contributed by atoms with Crippen molar-refractivity contribution in [1.29, 1.82) is 0 Å². The molecule has 1 fully saturated rings. The van der Waals surface area contributed by atoms with E-state index in [4.69, 9.17) is 5.21 Å². The van der Waals surface area contributed by atoms with E-state index in [1.165, 1.54) is 29.7 Å². The Hall–Kier alpha value is -3.38. The van der Waals surface area contributed by atoms with E-state index in [0.717, 1.165) is 5.82 Å². The number of carbonyl (C=O) groups excluding carboxylic acids is 2. The van der Waals surface area contributed by atoms with E-state index in [9.17, 15) is 27.9 Å². The standard InChI is InChI=1S/C23H27F3N4O5/c24-23(25,26)35-17-9-7-16(8-10-17)4-3-5-18(20(31)21(32)28-34)22(33)30-14-12-29(13-15-30)19-6-1-2-11-27-19/h1-2,6-11,18,20,31,34H,3-5,12-15H2,(H,28,32). The predicted octanol–water partition coefficient (Wildman–Crippen LogP) is 2.13. The summed E-state index contributed by atoms with van der Waals surface area (Å²) >= 11 is 0. The number of nitrogens with one attached hydrogen (secondary N) is 1. The molecule has 1 aromatic carbocycles. The predicted molar refractivity (Wildman–Crippen MR) is 119 cm³/mol. The van der Waals surface area contributed by atoms with Crippen LogP contribution in [0.2, 0.25) is 0 Å². The van der Waals surface area contributed by atoms with Crippen LogP contribution in [0, 0.1) is 5.92 Å². The molecule has 0 spiro atoms. The lowest BCUT2D eigenvalue weighted by molar-refractivity contribution is -0.274. The first-order valence-electron chi connectivity index (χ1n) is 11.1. The molecule has 2 unspecified atom stereocenters. The third-order valence-corrected chi connectivity index (χ3v) is 5.78. The SMILES string of the molecule is O=C(NO)C(O)C(CCCc1ccc(OC(F)(F)F)cc1)C(=O)N1CCN(c2ccccn2)CC1. The fourth-order valence-corrected chi connectivity index (χ4v) is 3.98. The molecule has 12 heteroatoms. The largest absolute Gasteiger partial charge is 0.573 e. The maximum Gasteiger partial charge on any atom is 0.573 e. The van der Waals surface area contributed by atoms with Gasteiger partial charge < -0.3 is 19.6 Å². The molecule has 1 saturated heterocycles. The molecule has 0 aliphatic carbocycles. The highest BCUT2D eigenvalue weighted by atomic mass is 19.4. The molecule has 3 N–H and O–H groups in total. The summed E-state index contributed by atoms with van der Waals surface area (Å²) in [5.74, 6) is -2.12. The normalized spacial score (nSPS) is 15.9. The molecule has 9 nitrogen and oxygen atoms in total. The summed E-state index contributed by atoms with van der Waals surface area (Å²) in [7, 11) is 0. The first-order valence-corrected chi connectivity index (χ1v) is 11.1. The van der Waals surface area contributed by atoms with E-state index >= 15 is 0 Å². The van der Waals surface area contributed by atoms with Gasteiger partial charge in [-0.15, -0.1) is 13.2 Å². The number of pyridine rings is 1. The molecule has 2 amide bonds. The van der Waals surface area contributed by atoms with Crippen LogP contribution in [0.25, 0.3) is 0 Å². The van der Waals surface area contributed by atoms with Crippen molar-refractivity contribution in [3.63, 3.8) is 0 Å². The zero-order valence-corrected chi connectivity index (χ0v) is 18.8. The van der Waals surface area contributed by atoms with Gasteiger partial charge in [-0.3, -0.25) is 14.8 Å². The third kappa shape index (κ3) is 7.55. The second-order valence-electron chi connectivity index (χ2n) is 8.11. The van der Waals surface area contributed by atoms with Gasteiger partial charge in [0.1, 0.15) is 17.7 Å². The number of carbonyl (C=O) groups is 2. The summed E-state index contributed by atoms with van der Waals surface area (Å²) in [6.45, 7) is 1.81. The van der Waals surface area contributed by atoms with Gasteiger partial charge in [0.05, 0.1) is 5.92 Å². The van der Waals surface area contributed by atoms with Crippen molar-refractivity contribution in [3.8, 4) is 5.75 Å². The summed E-state index contributed by atoms with van der Waals surface area (Å²) in [5.41, 5.74) is 2.09. The van der Waals surface area contributed by atoms with Crippen LogP contribution >= 0.6 is 0 Å². The summed E-state index contributed by atoms with van der Waals surface area (Å²) in [5, 5.41) is 19.3. The van der Waals surface area contributed by atoms with Crippen LogP contribution in [0.1, 0.15) is 18.4 Å². The number of alkyl halides is 3. The van der Waals surface area contributed by atoms with Crippen LogP contribution in [0.15, 0.2) is 48.7 Å². The van der Waals surface area contributed by atoms with Crippen LogP contribution in [0.4, 0.5) is 19.0 Å². The van der Waals surface area contributed by atoms with E-state index in [-0.39, 0.29) is 12.2 Å². The van der Waals surface area contributed by atoms with E-state index < -0.39 is 30.2 Å². The molecule has 35 heavy (non-hydrogen) atoms. The first kappa shape index (κ1) is 26.2. The Bertz CT molecular complexity index is 967. The minimum atomic E-state index is -4.78. The Labute approximate surface area is 200 Å². The lowest BCUT2D eigenvalue weighted by Crippen LogP contribution is -2.53. The van der Waals surface area contributed by atoms with Crippen molar-refractivity contribution in [3.05, 3.63) is 54.2 Å². The molecule has 0 saturated carbocycles. The van der Waals surface area contributed by atoms with Crippen LogP contribution in [-0.4, -0.2) is 70.7 Å². The lowest BCUT2D eigenvalue weighted by atomic mass is 9.92. The van der Waals surface area contributed by atoms with Crippen LogP contribution in [0.3, 0.4) is 0 Å². The maximum absolute atomic E-state index is 13.2. The highest BCUT2D eigenvalue weighted by Crippen LogP contribution is 2.24. The van der Waals surface area contributed by atoms with E-state index in [0.29, 0.717) is 44.6 Å².